The lowest BCUT2D eigenvalue weighted by Gasteiger charge is -2.02. The van der Waals surface area contributed by atoms with Crippen molar-refractivity contribution in [3.05, 3.63) is 22.3 Å². The number of pyridine rings is 1. The normalized spacial score (nSPS) is 9.50. The van der Waals surface area contributed by atoms with E-state index in [-0.39, 0.29) is 5.91 Å². The molecule has 64 valence electrons. The van der Waals surface area contributed by atoms with Crippen LogP contribution in [0.5, 0.6) is 0 Å². The number of nitrogen functional groups attached to an aromatic ring is 1. The fraction of sp³-hybridized carbons (Fsp3) is 0.143. The molecule has 0 radical (unpaired) electrons. The summed E-state index contributed by atoms with van der Waals surface area (Å²) >= 11 is 3.19. The number of carbonyl (C=O) groups is 1. The van der Waals surface area contributed by atoms with E-state index in [1.165, 1.54) is 12.3 Å². The van der Waals surface area contributed by atoms with Gasteiger partial charge < -0.3 is 11.1 Å². The van der Waals surface area contributed by atoms with Crippen LogP contribution in [0.4, 0.5) is 5.82 Å². The summed E-state index contributed by atoms with van der Waals surface area (Å²) in [6.45, 7) is 0. The minimum Gasteiger partial charge on any atom is -0.384 e. The van der Waals surface area contributed by atoms with Crippen LogP contribution in [-0.2, 0) is 0 Å². The van der Waals surface area contributed by atoms with Crippen molar-refractivity contribution in [2.24, 2.45) is 0 Å². The van der Waals surface area contributed by atoms with E-state index < -0.39 is 0 Å². The van der Waals surface area contributed by atoms with Gasteiger partial charge in [-0.15, -0.1) is 0 Å². The van der Waals surface area contributed by atoms with Crippen molar-refractivity contribution in [3.63, 3.8) is 0 Å². The van der Waals surface area contributed by atoms with Crippen molar-refractivity contribution in [3.8, 4) is 0 Å². The molecule has 0 spiro atoms. The molecule has 1 heterocycles. The van der Waals surface area contributed by atoms with Gasteiger partial charge in [-0.25, -0.2) is 4.98 Å². The maximum Gasteiger partial charge on any atom is 0.252 e. The number of hydrogen-bond donors (Lipinski definition) is 2. The van der Waals surface area contributed by atoms with Crippen LogP contribution in [0.1, 0.15) is 10.4 Å². The molecule has 5 heteroatoms. The lowest BCUT2D eigenvalue weighted by atomic mass is 10.2. The second-order valence-corrected chi connectivity index (χ2v) is 3.02. The maximum absolute atomic E-state index is 11.2. The zero-order valence-corrected chi connectivity index (χ0v) is 8.05. The number of carbonyl (C=O) groups excluding carboxylic acids is 1. The third-order valence-corrected chi connectivity index (χ3v) is 1.98. The number of aromatic nitrogens is 1. The first-order chi connectivity index (χ1) is 5.65. The van der Waals surface area contributed by atoms with Crippen LogP contribution in [0.25, 0.3) is 0 Å². The van der Waals surface area contributed by atoms with E-state index in [9.17, 15) is 4.79 Å². The van der Waals surface area contributed by atoms with Crippen LogP contribution in [0.3, 0.4) is 0 Å². The first-order valence-corrected chi connectivity index (χ1v) is 4.07. The highest BCUT2D eigenvalue weighted by Crippen LogP contribution is 2.16. The number of halogens is 1. The predicted molar refractivity (Wildman–Crippen MR) is 49.7 cm³/mol. The molecule has 1 aromatic rings. The summed E-state index contributed by atoms with van der Waals surface area (Å²) in [6.07, 6.45) is 1.50. The third kappa shape index (κ3) is 1.73. The Kier molecular flexibility index (Phi) is 2.65. The van der Waals surface area contributed by atoms with Crippen molar-refractivity contribution < 1.29 is 4.79 Å². The molecule has 0 unspecified atom stereocenters. The van der Waals surface area contributed by atoms with Crippen LogP contribution in [0.15, 0.2) is 16.7 Å². The molecule has 1 rings (SSSR count). The van der Waals surface area contributed by atoms with Crippen LogP contribution in [0, 0.1) is 0 Å². The van der Waals surface area contributed by atoms with Gasteiger partial charge in [-0.2, -0.15) is 0 Å². The van der Waals surface area contributed by atoms with Crippen molar-refractivity contribution in [2.45, 2.75) is 0 Å². The van der Waals surface area contributed by atoms with E-state index in [0.717, 1.165) is 0 Å². The number of anilines is 1. The average molecular weight is 230 g/mol. The summed E-state index contributed by atoms with van der Waals surface area (Å²) in [5.41, 5.74) is 5.90. The van der Waals surface area contributed by atoms with Gasteiger partial charge in [0, 0.05) is 17.7 Å². The molecule has 0 aromatic carbocycles. The highest BCUT2D eigenvalue weighted by molar-refractivity contribution is 9.10. The summed E-state index contributed by atoms with van der Waals surface area (Å²) in [5.74, 6) is 0.146. The number of nitrogens with one attached hydrogen (secondary N) is 1. The Morgan fingerprint density at radius 1 is 1.75 bits per heavy atom. The largest absolute Gasteiger partial charge is 0.384 e. The molecule has 0 saturated carbocycles. The highest BCUT2D eigenvalue weighted by atomic mass is 79.9. The van der Waals surface area contributed by atoms with Gasteiger partial charge >= 0.3 is 0 Å². The van der Waals surface area contributed by atoms with Crippen LogP contribution >= 0.6 is 15.9 Å². The minimum absolute atomic E-state index is 0.184. The molecular formula is C7H8BrN3O. The average Bonchev–Trinajstić information content (AvgIpc) is 2.08. The van der Waals surface area contributed by atoms with E-state index in [1.807, 2.05) is 0 Å². The Balaban J connectivity index is 3.13. The van der Waals surface area contributed by atoms with Gasteiger partial charge in [-0.1, -0.05) is 0 Å². The van der Waals surface area contributed by atoms with Gasteiger partial charge in [-0.3, -0.25) is 4.79 Å². The van der Waals surface area contributed by atoms with E-state index in [1.54, 1.807) is 7.05 Å². The van der Waals surface area contributed by atoms with E-state index >= 15 is 0 Å². The number of nitrogens with zero attached hydrogens (tertiary/aromatic N) is 1. The minimum atomic E-state index is -0.184. The predicted octanol–water partition coefficient (Wildman–Crippen LogP) is 0.786. The lowest BCUT2D eigenvalue weighted by Crippen LogP contribution is -2.18. The molecule has 12 heavy (non-hydrogen) atoms. The Morgan fingerprint density at radius 2 is 2.42 bits per heavy atom. The first kappa shape index (κ1) is 8.99. The van der Waals surface area contributed by atoms with Crippen molar-refractivity contribution in [2.75, 3.05) is 12.8 Å². The molecule has 1 aromatic heterocycles. The Bertz CT molecular complexity index is 314. The second kappa shape index (κ2) is 3.53. The first-order valence-electron chi connectivity index (χ1n) is 3.28. The van der Waals surface area contributed by atoms with Crippen LogP contribution in [0.2, 0.25) is 0 Å². The maximum atomic E-state index is 11.2. The third-order valence-electron chi connectivity index (χ3n) is 1.35. The zero-order valence-electron chi connectivity index (χ0n) is 6.47. The monoisotopic (exact) mass is 229 g/mol. The number of hydrogen-bond acceptors (Lipinski definition) is 3. The Hall–Kier alpha value is -1.10. The van der Waals surface area contributed by atoms with Gasteiger partial charge in [0.2, 0.25) is 0 Å². The summed E-state index contributed by atoms with van der Waals surface area (Å²) in [6, 6.07) is 1.52. The van der Waals surface area contributed by atoms with Crippen LogP contribution in [-0.4, -0.2) is 17.9 Å². The van der Waals surface area contributed by atoms with Gasteiger partial charge in [0.1, 0.15) is 5.82 Å². The molecule has 1 amide bonds. The molecule has 0 aliphatic heterocycles. The number of nitrogens with two attached hydrogens (primary N) is 1. The zero-order chi connectivity index (χ0) is 9.14. The molecule has 4 nitrogen and oxygen atoms in total. The van der Waals surface area contributed by atoms with Gasteiger partial charge in [0.05, 0.1) is 5.56 Å². The molecule has 0 saturated heterocycles. The van der Waals surface area contributed by atoms with Crippen molar-refractivity contribution in [1.29, 1.82) is 0 Å². The molecule has 0 aliphatic rings. The SMILES string of the molecule is CNC(=O)c1cc(N)ncc1Br. The molecule has 0 fully saturated rings. The van der Waals surface area contributed by atoms with Crippen molar-refractivity contribution >= 4 is 27.7 Å². The quantitative estimate of drug-likeness (QED) is 0.749. The van der Waals surface area contributed by atoms with Gasteiger partial charge in [0.15, 0.2) is 0 Å². The summed E-state index contributed by atoms with van der Waals surface area (Å²) < 4.78 is 0.635. The van der Waals surface area contributed by atoms with E-state index in [0.29, 0.717) is 15.9 Å². The fourth-order valence-corrected chi connectivity index (χ4v) is 1.16. The van der Waals surface area contributed by atoms with E-state index in [4.69, 9.17) is 5.73 Å². The standard InChI is InChI=1S/C7H8BrN3O/c1-10-7(12)4-2-6(9)11-3-5(4)8/h2-3H,1H3,(H2,9,11)(H,10,12). The number of rotatable bonds is 1. The molecular weight excluding hydrogens is 222 g/mol. The highest BCUT2D eigenvalue weighted by Gasteiger charge is 2.08. The van der Waals surface area contributed by atoms with Crippen molar-refractivity contribution in [1.82, 2.24) is 10.3 Å². The summed E-state index contributed by atoms with van der Waals surface area (Å²) in [4.78, 5) is 15.0. The summed E-state index contributed by atoms with van der Waals surface area (Å²) in [7, 11) is 1.56. The second-order valence-electron chi connectivity index (χ2n) is 2.17. The fourth-order valence-electron chi connectivity index (χ4n) is 0.764. The number of amides is 1. The summed E-state index contributed by atoms with van der Waals surface area (Å²) in [5, 5.41) is 2.50. The molecule has 0 atom stereocenters. The van der Waals surface area contributed by atoms with Gasteiger partial charge in [-0.05, 0) is 22.0 Å². The van der Waals surface area contributed by atoms with Gasteiger partial charge in [0.25, 0.3) is 5.91 Å². The topological polar surface area (TPSA) is 68.0 Å². The Morgan fingerprint density at radius 3 is 3.00 bits per heavy atom. The Labute approximate surface area is 78.3 Å². The molecule has 0 aliphatic carbocycles. The smallest absolute Gasteiger partial charge is 0.252 e. The van der Waals surface area contributed by atoms with Crippen LogP contribution < -0.4 is 11.1 Å². The molecule has 3 N–H and O–H groups in total. The lowest BCUT2D eigenvalue weighted by molar-refractivity contribution is 0.0962. The van der Waals surface area contributed by atoms with E-state index in [2.05, 4.69) is 26.2 Å². The molecule has 0 bridgehead atoms.